The van der Waals surface area contributed by atoms with E-state index in [4.69, 9.17) is 15.6 Å². The smallest absolute Gasteiger partial charge is 0.421 e. The molecule has 0 fully saturated rings. The number of aliphatic hydroxyl groups is 1. The molecule has 0 heterocycles. The van der Waals surface area contributed by atoms with Crippen LogP contribution < -0.4 is 15.2 Å². The summed E-state index contributed by atoms with van der Waals surface area (Å²) in [6.45, 7) is -1.40. The van der Waals surface area contributed by atoms with Crippen LogP contribution in [0.5, 0.6) is 11.5 Å². The summed E-state index contributed by atoms with van der Waals surface area (Å²) in [5.74, 6) is -0.362. The maximum absolute atomic E-state index is 12.9. The lowest BCUT2D eigenvalue weighted by molar-refractivity contribution is -0.200. The monoisotopic (exact) mass is 323 g/mol. The van der Waals surface area contributed by atoms with E-state index < -0.39 is 18.6 Å². The van der Waals surface area contributed by atoms with E-state index in [1.165, 1.54) is 25.3 Å². The van der Waals surface area contributed by atoms with Crippen molar-refractivity contribution in [1.29, 1.82) is 0 Å². The standard InChI is InChI=1S/C16H15F2NO4/c1-22-14-8-11(4-7-13(14)15(19)21)10-2-5-12(6-3-10)23-16(17,18)9-20/h2-8,20H,9H2,1H3,(H2,19,21). The summed E-state index contributed by atoms with van der Waals surface area (Å²) in [7, 11) is 1.42. The summed E-state index contributed by atoms with van der Waals surface area (Å²) >= 11 is 0. The summed E-state index contributed by atoms with van der Waals surface area (Å²) in [5.41, 5.74) is 6.92. The van der Waals surface area contributed by atoms with Crippen LogP contribution in [0.4, 0.5) is 8.78 Å². The van der Waals surface area contributed by atoms with Crippen molar-refractivity contribution in [3.05, 3.63) is 48.0 Å². The Balaban J connectivity index is 2.27. The topological polar surface area (TPSA) is 81.8 Å². The average molecular weight is 323 g/mol. The van der Waals surface area contributed by atoms with Crippen LogP contribution in [0, 0.1) is 0 Å². The van der Waals surface area contributed by atoms with Gasteiger partial charge in [0.05, 0.1) is 12.7 Å². The molecule has 0 spiro atoms. The van der Waals surface area contributed by atoms with Gasteiger partial charge in [0.2, 0.25) is 0 Å². The zero-order chi connectivity index (χ0) is 17.0. The molecule has 2 aromatic carbocycles. The lowest BCUT2D eigenvalue weighted by atomic mass is 10.0. The van der Waals surface area contributed by atoms with E-state index in [0.29, 0.717) is 16.9 Å². The second-order valence-electron chi connectivity index (χ2n) is 4.70. The minimum Gasteiger partial charge on any atom is -0.496 e. The molecule has 3 N–H and O–H groups in total. The number of nitrogens with two attached hydrogens (primary N) is 1. The van der Waals surface area contributed by atoms with Gasteiger partial charge in [0.1, 0.15) is 18.1 Å². The average Bonchev–Trinajstić information content (AvgIpc) is 2.54. The fraction of sp³-hybridized carbons (Fsp3) is 0.188. The van der Waals surface area contributed by atoms with E-state index in [1.807, 2.05) is 0 Å². The molecule has 0 radical (unpaired) electrons. The van der Waals surface area contributed by atoms with Crippen molar-refractivity contribution in [1.82, 2.24) is 0 Å². The van der Waals surface area contributed by atoms with Gasteiger partial charge in [0.15, 0.2) is 0 Å². The van der Waals surface area contributed by atoms with Gasteiger partial charge in [0.25, 0.3) is 5.91 Å². The second kappa shape index (κ2) is 6.62. The van der Waals surface area contributed by atoms with Gasteiger partial charge in [-0.2, -0.15) is 8.78 Å². The zero-order valence-corrected chi connectivity index (χ0v) is 12.3. The number of hydrogen-bond acceptors (Lipinski definition) is 4. The first-order chi connectivity index (χ1) is 10.9. The third kappa shape index (κ3) is 3.95. The predicted octanol–water partition coefficient (Wildman–Crippen LogP) is 2.42. The van der Waals surface area contributed by atoms with Crippen LogP contribution >= 0.6 is 0 Å². The van der Waals surface area contributed by atoms with Gasteiger partial charge < -0.3 is 20.3 Å². The molecule has 7 heteroatoms. The van der Waals surface area contributed by atoms with Crippen molar-refractivity contribution in [3.63, 3.8) is 0 Å². The van der Waals surface area contributed by atoms with Crippen LogP contribution in [0.3, 0.4) is 0 Å². The van der Waals surface area contributed by atoms with Gasteiger partial charge in [-0.25, -0.2) is 0 Å². The predicted molar refractivity (Wildman–Crippen MR) is 79.6 cm³/mol. The number of ether oxygens (including phenoxy) is 2. The summed E-state index contributed by atoms with van der Waals surface area (Å²) in [4.78, 5) is 11.3. The first-order valence-corrected chi connectivity index (χ1v) is 6.62. The van der Waals surface area contributed by atoms with Crippen LogP contribution in [-0.2, 0) is 0 Å². The molecular weight excluding hydrogens is 308 g/mol. The second-order valence-corrected chi connectivity index (χ2v) is 4.70. The molecule has 0 bridgehead atoms. The number of carbonyl (C=O) groups excluding carboxylic acids is 1. The lowest BCUT2D eigenvalue weighted by Crippen LogP contribution is -2.28. The largest absolute Gasteiger partial charge is 0.496 e. The van der Waals surface area contributed by atoms with Crippen molar-refractivity contribution in [2.45, 2.75) is 6.11 Å². The van der Waals surface area contributed by atoms with Crippen LogP contribution in [0.25, 0.3) is 11.1 Å². The minimum absolute atomic E-state index is 0.0754. The SMILES string of the molecule is COc1cc(-c2ccc(OC(F)(F)CO)cc2)ccc1C(N)=O. The highest BCUT2D eigenvalue weighted by molar-refractivity contribution is 5.96. The number of rotatable bonds is 6. The third-order valence-corrected chi connectivity index (χ3v) is 3.11. The molecule has 0 aromatic heterocycles. The van der Waals surface area contributed by atoms with E-state index in [2.05, 4.69) is 4.74 Å². The summed E-state index contributed by atoms with van der Waals surface area (Å²) in [5, 5.41) is 8.49. The maximum atomic E-state index is 12.9. The number of benzene rings is 2. The number of hydrogen-bond donors (Lipinski definition) is 2. The zero-order valence-electron chi connectivity index (χ0n) is 12.3. The van der Waals surface area contributed by atoms with E-state index in [1.54, 1.807) is 24.3 Å². The van der Waals surface area contributed by atoms with E-state index in [0.717, 1.165) is 0 Å². The quantitative estimate of drug-likeness (QED) is 0.855. The Morgan fingerprint density at radius 2 is 1.78 bits per heavy atom. The normalized spacial score (nSPS) is 11.1. The van der Waals surface area contributed by atoms with Gasteiger partial charge in [-0.3, -0.25) is 4.79 Å². The summed E-state index contributed by atoms with van der Waals surface area (Å²) in [6.07, 6.45) is -3.63. The van der Waals surface area contributed by atoms with Crippen LogP contribution in [0.15, 0.2) is 42.5 Å². The van der Waals surface area contributed by atoms with Crippen molar-refractivity contribution in [2.75, 3.05) is 13.7 Å². The summed E-state index contributed by atoms with van der Waals surface area (Å²) in [6, 6.07) is 10.7. The minimum atomic E-state index is -3.63. The van der Waals surface area contributed by atoms with Crippen molar-refractivity contribution in [2.24, 2.45) is 5.73 Å². The van der Waals surface area contributed by atoms with Gasteiger partial charge in [-0.1, -0.05) is 18.2 Å². The van der Waals surface area contributed by atoms with Crippen LogP contribution in [-0.4, -0.2) is 30.8 Å². The van der Waals surface area contributed by atoms with Gasteiger partial charge >= 0.3 is 6.11 Å². The van der Waals surface area contributed by atoms with E-state index in [-0.39, 0.29) is 11.3 Å². The molecule has 23 heavy (non-hydrogen) atoms. The Kier molecular flexibility index (Phi) is 4.80. The van der Waals surface area contributed by atoms with Crippen LogP contribution in [0.2, 0.25) is 0 Å². The molecule has 122 valence electrons. The summed E-state index contributed by atoms with van der Waals surface area (Å²) < 4.78 is 35.4. The number of primary amides is 1. The first-order valence-electron chi connectivity index (χ1n) is 6.62. The Morgan fingerprint density at radius 3 is 2.30 bits per heavy atom. The first kappa shape index (κ1) is 16.7. The lowest BCUT2D eigenvalue weighted by Gasteiger charge is -2.15. The Morgan fingerprint density at radius 1 is 1.17 bits per heavy atom. The van der Waals surface area contributed by atoms with Crippen molar-refractivity contribution >= 4 is 5.91 Å². The van der Waals surface area contributed by atoms with E-state index >= 15 is 0 Å². The molecule has 0 aliphatic rings. The third-order valence-electron chi connectivity index (χ3n) is 3.11. The molecular formula is C16H15F2NO4. The van der Waals surface area contributed by atoms with Crippen LogP contribution in [0.1, 0.15) is 10.4 Å². The Bertz CT molecular complexity index is 702. The fourth-order valence-corrected chi connectivity index (χ4v) is 1.99. The molecule has 0 aliphatic carbocycles. The molecule has 0 saturated carbocycles. The van der Waals surface area contributed by atoms with Gasteiger partial charge in [-0.15, -0.1) is 0 Å². The molecule has 0 aliphatic heterocycles. The molecule has 1 amide bonds. The highest BCUT2D eigenvalue weighted by Gasteiger charge is 2.30. The Labute approximate surface area is 131 Å². The van der Waals surface area contributed by atoms with Crippen molar-refractivity contribution < 1.29 is 28.2 Å². The molecule has 0 unspecified atom stereocenters. The number of alkyl halides is 2. The molecule has 0 saturated heterocycles. The molecule has 5 nitrogen and oxygen atoms in total. The van der Waals surface area contributed by atoms with Gasteiger partial charge in [-0.05, 0) is 35.4 Å². The molecule has 0 atom stereocenters. The fourth-order valence-electron chi connectivity index (χ4n) is 1.99. The number of halogens is 2. The molecule has 2 rings (SSSR count). The van der Waals surface area contributed by atoms with E-state index in [9.17, 15) is 13.6 Å². The number of aliphatic hydroxyl groups excluding tert-OH is 1. The maximum Gasteiger partial charge on any atom is 0.421 e. The highest BCUT2D eigenvalue weighted by atomic mass is 19.3. The number of amides is 1. The van der Waals surface area contributed by atoms with Gasteiger partial charge in [0, 0.05) is 0 Å². The number of carbonyl (C=O) groups is 1. The highest BCUT2D eigenvalue weighted by Crippen LogP contribution is 2.29. The Hall–Kier alpha value is -2.67. The number of methoxy groups -OCH3 is 1. The van der Waals surface area contributed by atoms with Crippen molar-refractivity contribution in [3.8, 4) is 22.6 Å². The molecule has 2 aromatic rings.